The third kappa shape index (κ3) is 4.75. The van der Waals surface area contributed by atoms with Gasteiger partial charge in [-0.15, -0.1) is 11.6 Å². The molecule has 0 saturated heterocycles. The predicted molar refractivity (Wildman–Crippen MR) is 82.6 cm³/mol. The molecule has 0 N–H and O–H groups in total. The van der Waals surface area contributed by atoms with Gasteiger partial charge in [0.2, 0.25) is 0 Å². The van der Waals surface area contributed by atoms with E-state index in [1.807, 2.05) is 12.3 Å². The molecule has 0 amide bonds. The Labute approximate surface area is 123 Å². The van der Waals surface area contributed by atoms with E-state index in [-0.39, 0.29) is 0 Å². The fourth-order valence-corrected chi connectivity index (χ4v) is 2.42. The number of alkyl halides is 1. The maximum Gasteiger partial charge on any atom is 0.133 e. The zero-order valence-electron chi connectivity index (χ0n) is 11.3. The van der Waals surface area contributed by atoms with Gasteiger partial charge in [-0.05, 0) is 56.0 Å². The molecule has 3 nitrogen and oxygen atoms in total. The van der Waals surface area contributed by atoms with Crippen LogP contribution in [-0.2, 0) is 5.88 Å². The molecule has 0 radical (unpaired) electrons. The topological polar surface area (TPSA) is 19.4 Å². The number of anilines is 1. The minimum Gasteiger partial charge on any atom is -0.357 e. The second-order valence-corrected chi connectivity index (χ2v) is 5.69. The van der Waals surface area contributed by atoms with Crippen molar-refractivity contribution >= 4 is 33.3 Å². The molecule has 0 aliphatic rings. The summed E-state index contributed by atoms with van der Waals surface area (Å²) in [6.45, 7) is 5.19. The number of nitrogens with zero attached hydrogens (tertiary/aromatic N) is 3. The molecular weight excluding hydrogens is 314 g/mol. The Bertz CT molecular complexity index is 371. The minimum absolute atomic E-state index is 0.492. The molecule has 0 fully saturated rings. The Morgan fingerprint density at radius 3 is 2.61 bits per heavy atom. The van der Waals surface area contributed by atoms with Gasteiger partial charge in [0.25, 0.3) is 0 Å². The van der Waals surface area contributed by atoms with Gasteiger partial charge in [-0.25, -0.2) is 4.98 Å². The van der Waals surface area contributed by atoms with E-state index < -0.39 is 0 Å². The predicted octanol–water partition coefficient (Wildman–Crippen LogP) is 3.36. The van der Waals surface area contributed by atoms with Crippen LogP contribution in [0, 0.1) is 0 Å². The average molecular weight is 335 g/mol. The highest BCUT2D eigenvalue weighted by Gasteiger charge is 2.11. The van der Waals surface area contributed by atoms with Gasteiger partial charge in [-0.1, -0.05) is 0 Å². The second kappa shape index (κ2) is 7.97. The molecule has 1 heterocycles. The van der Waals surface area contributed by atoms with Gasteiger partial charge in [0.1, 0.15) is 5.82 Å². The lowest BCUT2D eigenvalue weighted by Crippen LogP contribution is -2.28. The van der Waals surface area contributed by atoms with Gasteiger partial charge < -0.3 is 9.80 Å². The highest BCUT2D eigenvalue weighted by Crippen LogP contribution is 2.23. The minimum atomic E-state index is 0.492. The molecule has 0 aliphatic heterocycles. The maximum absolute atomic E-state index is 5.99. The Kier molecular flexibility index (Phi) is 6.97. The Balaban J connectivity index is 2.75. The summed E-state index contributed by atoms with van der Waals surface area (Å²) in [7, 11) is 4.19. The van der Waals surface area contributed by atoms with Crippen LogP contribution in [-0.4, -0.2) is 43.6 Å². The van der Waals surface area contributed by atoms with Gasteiger partial charge in [0.15, 0.2) is 0 Å². The van der Waals surface area contributed by atoms with Crippen molar-refractivity contribution in [1.82, 2.24) is 9.88 Å². The first-order valence-corrected chi connectivity index (χ1v) is 7.51. The molecule has 102 valence electrons. The maximum atomic E-state index is 5.99. The van der Waals surface area contributed by atoms with Crippen molar-refractivity contribution in [1.29, 1.82) is 0 Å². The van der Waals surface area contributed by atoms with Gasteiger partial charge in [-0.2, -0.15) is 0 Å². The number of rotatable bonds is 7. The second-order valence-electron chi connectivity index (χ2n) is 4.51. The number of aromatic nitrogens is 1. The van der Waals surface area contributed by atoms with Crippen molar-refractivity contribution < 1.29 is 0 Å². The van der Waals surface area contributed by atoms with Crippen LogP contribution < -0.4 is 4.90 Å². The molecule has 1 rings (SSSR count). The number of halogens is 2. The highest BCUT2D eigenvalue weighted by molar-refractivity contribution is 9.10. The SMILES string of the molecule is CCN(CCCN(C)C)c1ncc(Br)cc1CCl. The third-order valence-electron chi connectivity index (χ3n) is 2.77. The first-order chi connectivity index (χ1) is 8.58. The average Bonchev–Trinajstić information content (AvgIpc) is 2.34. The summed E-state index contributed by atoms with van der Waals surface area (Å²) < 4.78 is 0.978. The van der Waals surface area contributed by atoms with E-state index in [9.17, 15) is 0 Å². The summed E-state index contributed by atoms with van der Waals surface area (Å²) in [6, 6.07) is 2.05. The van der Waals surface area contributed by atoms with Crippen LogP contribution >= 0.6 is 27.5 Å². The largest absolute Gasteiger partial charge is 0.357 e. The van der Waals surface area contributed by atoms with Crippen molar-refractivity contribution in [3.63, 3.8) is 0 Å². The first-order valence-electron chi connectivity index (χ1n) is 6.18. The quantitative estimate of drug-likeness (QED) is 0.713. The highest BCUT2D eigenvalue weighted by atomic mass is 79.9. The molecular formula is C13H21BrClN3. The van der Waals surface area contributed by atoms with Crippen molar-refractivity contribution in [3.8, 4) is 0 Å². The van der Waals surface area contributed by atoms with E-state index in [1.165, 1.54) is 0 Å². The van der Waals surface area contributed by atoms with E-state index in [0.717, 1.165) is 41.9 Å². The summed E-state index contributed by atoms with van der Waals surface area (Å²) in [5.74, 6) is 1.50. The van der Waals surface area contributed by atoms with Gasteiger partial charge in [0.05, 0.1) is 5.88 Å². The fraction of sp³-hybridized carbons (Fsp3) is 0.615. The zero-order valence-corrected chi connectivity index (χ0v) is 13.6. The molecule has 18 heavy (non-hydrogen) atoms. The molecule has 0 unspecified atom stereocenters. The van der Waals surface area contributed by atoms with Crippen LogP contribution in [0.4, 0.5) is 5.82 Å². The lowest BCUT2D eigenvalue weighted by atomic mass is 10.2. The zero-order chi connectivity index (χ0) is 13.5. The fourth-order valence-electron chi connectivity index (χ4n) is 1.85. The summed E-state index contributed by atoms with van der Waals surface area (Å²) in [5.41, 5.74) is 1.08. The van der Waals surface area contributed by atoms with Crippen LogP contribution in [0.25, 0.3) is 0 Å². The molecule has 0 spiro atoms. The molecule has 0 atom stereocenters. The normalized spacial score (nSPS) is 11.0. The molecule has 0 bridgehead atoms. The van der Waals surface area contributed by atoms with Crippen LogP contribution in [0.5, 0.6) is 0 Å². The van der Waals surface area contributed by atoms with Crippen LogP contribution in [0.15, 0.2) is 16.7 Å². The number of hydrogen-bond donors (Lipinski definition) is 0. The van der Waals surface area contributed by atoms with E-state index in [1.54, 1.807) is 0 Å². The molecule has 5 heteroatoms. The van der Waals surface area contributed by atoms with E-state index in [2.05, 4.69) is 51.7 Å². The molecule has 0 aliphatic carbocycles. The molecule has 1 aromatic rings. The summed E-state index contributed by atoms with van der Waals surface area (Å²) in [5, 5.41) is 0. The van der Waals surface area contributed by atoms with Crippen LogP contribution in [0.3, 0.4) is 0 Å². The summed E-state index contributed by atoms with van der Waals surface area (Å²) >= 11 is 9.43. The lowest BCUT2D eigenvalue weighted by molar-refractivity contribution is 0.400. The van der Waals surface area contributed by atoms with Gasteiger partial charge >= 0.3 is 0 Å². The summed E-state index contributed by atoms with van der Waals surface area (Å²) in [4.78, 5) is 8.98. The van der Waals surface area contributed by atoms with Crippen molar-refractivity contribution in [2.24, 2.45) is 0 Å². The lowest BCUT2D eigenvalue weighted by Gasteiger charge is -2.24. The molecule has 1 aromatic heterocycles. The monoisotopic (exact) mass is 333 g/mol. The molecule has 0 aromatic carbocycles. The number of hydrogen-bond acceptors (Lipinski definition) is 3. The Morgan fingerprint density at radius 2 is 2.06 bits per heavy atom. The van der Waals surface area contributed by atoms with Crippen molar-refractivity contribution in [3.05, 3.63) is 22.3 Å². The smallest absolute Gasteiger partial charge is 0.133 e. The molecule has 0 saturated carbocycles. The van der Waals surface area contributed by atoms with Crippen molar-refractivity contribution in [2.45, 2.75) is 19.2 Å². The van der Waals surface area contributed by atoms with Crippen LogP contribution in [0.1, 0.15) is 18.9 Å². The first kappa shape index (κ1) is 15.7. The Hall–Kier alpha value is -0.320. The van der Waals surface area contributed by atoms with E-state index in [0.29, 0.717) is 5.88 Å². The number of pyridine rings is 1. The van der Waals surface area contributed by atoms with Crippen molar-refractivity contribution in [2.75, 3.05) is 38.6 Å². The van der Waals surface area contributed by atoms with Gasteiger partial charge in [0, 0.05) is 29.3 Å². The standard InChI is InChI=1S/C13H21BrClN3/c1-4-18(7-5-6-17(2)3)13-11(9-15)8-12(14)10-16-13/h8,10H,4-7,9H2,1-3H3. The Morgan fingerprint density at radius 1 is 1.33 bits per heavy atom. The van der Waals surface area contributed by atoms with Crippen LogP contribution in [0.2, 0.25) is 0 Å². The van der Waals surface area contributed by atoms with E-state index >= 15 is 0 Å². The van der Waals surface area contributed by atoms with E-state index in [4.69, 9.17) is 11.6 Å². The third-order valence-corrected chi connectivity index (χ3v) is 3.49. The summed E-state index contributed by atoms with van der Waals surface area (Å²) in [6.07, 6.45) is 2.96. The van der Waals surface area contributed by atoms with Gasteiger partial charge in [-0.3, -0.25) is 0 Å².